The molecule has 0 aromatic heterocycles. The van der Waals surface area contributed by atoms with Crippen LogP contribution in [0.2, 0.25) is 13.1 Å². The Morgan fingerprint density at radius 3 is 1.06 bits per heavy atom. The van der Waals surface area contributed by atoms with E-state index in [-0.39, 0.29) is 46.2 Å². The molecule has 0 heterocycles. The fourth-order valence-corrected chi connectivity index (χ4v) is 41.8. The van der Waals surface area contributed by atoms with Crippen LogP contribution in [-0.2, 0) is 53.1 Å². The van der Waals surface area contributed by atoms with Crippen LogP contribution in [0.5, 0.6) is 0 Å². The van der Waals surface area contributed by atoms with Gasteiger partial charge in [-0.05, 0) is 0 Å². The van der Waals surface area contributed by atoms with Gasteiger partial charge < -0.3 is 0 Å². The van der Waals surface area contributed by atoms with Crippen LogP contribution in [0.4, 0.5) is 52.7 Å². The summed E-state index contributed by atoms with van der Waals surface area (Å²) in [5.41, 5.74) is -1.09. The number of hydrogen-bond donors (Lipinski definition) is 0. The Morgan fingerprint density at radius 1 is 0.515 bits per heavy atom. The van der Waals surface area contributed by atoms with E-state index in [9.17, 15) is 52.7 Å². The fourth-order valence-electron chi connectivity index (χ4n) is 10.4. The first-order chi connectivity index (χ1) is 30.3. The zero-order valence-corrected chi connectivity index (χ0v) is 43.0. The molecule has 0 spiro atoms. The van der Waals surface area contributed by atoms with E-state index in [2.05, 4.69) is 0 Å². The summed E-state index contributed by atoms with van der Waals surface area (Å²) in [6, 6.07) is 10.4. The molecule has 0 saturated carbocycles. The molecule has 0 fully saturated rings. The van der Waals surface area contributed by atoms with Gasteiger partial charge in [0.2, 0.25) is 0 Å². The molecule has 0 bridgehead atoms. The van der Waals surface area contributed by atoms with Crippen molar-refractivity contribution in [2.45, 2.75) is 125 Å². The SMILES string of the molecule is CCCc1ccc2c(c1-c1cc(C(F)(F)F)cc(C(F)(F)F)c1)C=C(CC(C)C)[CH]2[Zr]([Cl])([Cl])([CH]1C(CC(C)C)=Cc2c1ccc(CCC)c2-c1cc(C(F)(F)F)cc(C(F)(F)F)c1)[SiH](C)C. The van der Waals surface area contributed by atoms with Gasteiger partial charge in [-0.1, -0.05) is 0 Å². The van der Waals surface area contributed by atoms with Crippen molar-refractivity contribution in [3.8, 4) is 22.3 Å². The van der Waals surface area contributed by atoms with Crippen molar-refractivity contribution in [2.24, 2.45) is 11.8 Å². The number of rotatable bonds is 13. The number of halogens is 14. The summed E-state index contributed by atoms with van der Waals surface area (Å²) in [7, 11) is 17.3. The van der Waals surface area contributed by atoms with Gasteiger partial charge in [0.1, 0.15) is 0 Å². The number of benzene rings is 4. The van der Waals surface area contributed by atoms with Crippen molar-refractivity contribution < 1.29 is 68.2 Å². The van der Waals surface area contributed by atoms with Crippen LogP contribution in [-0.4, -0.2) is 5.92 Å². The zero-order chi connectivity index (χ0) is 49.3. The number of fused-ring (bicyclic) bond motifs is 2. The summed E-state index contributed by atoms with van der Waals surface area (Å²) in [6.45, 7) is 15.7. The topological polar surface area (TPSA) is 0 Å². The number of alkyl halides is 12. The molecule has 0 nitrogen and oxygen atoms in total. The van der Waals surface area contributed by atoms with Crippen molar-refractivity contribution in [3.63, 3.8) is 0 Å². The molecule has 0 N–H and O–H groups in total. The van der Waals surface area contributed by atoms with Crippen LogP contribution in [0.3, 0.4) is 0 Å². The predicted octanol–water partition coefficient (Wildman–Crippen LogP) is 18.6. The van der Waals surface area contributed by atoms with Gasteiger partial charge in [-0.15, -0.1) is 0 Å². The summed E-state index contributed by atoms with van der Waals surface area (Å²) in [5.74, 6) is -2.41. The van der Waals surface area contributed by atoms with E-state index in [4.69, 9.17) is 17.0 Å². The van der Waals surface area contributed by atoms with Crippen molar-refractivity contribution >= 4 is 35.1 Å². The zero-order valence-electron chi connectivity index (χ0n) is 37.8. The molecule has 0 aliphatic heterocycles. The molecule has 6 rings (SSSR count). The maximum atomic E-state index is 14.4. The number of allylic oxidation sites excluding steroid dienone is 2. The Morgan fingerprint density at radius 2 is 0.818 bits per heavy atom. The normalized spacial score (nSPS) is 17.6. The molecule has 0 radical (unpaired) electrons. The summed E-state index contributed by atoms with van der Waals surface area (Å²) in [6.07, 6.45) is -14.1. The average molecular weight is 1070 g/mol. The van der Waals surface area contributed by atoms with Gasteiger partial charge in [0.25, 0.3) is 0 Å². The van der Waals surface area contributed by atoms with Gasteiger partial charge in [-0.25, -0.2) is 0 Å². The molecule has 0 amide bonds. The van der Waals surface area contributed by atoms with Crippen LogP contribution in [0.1, 0.15) is 130 Å². The van der Waals surface area contributed by atoms with Gasteiger partial charge in [0, 0.05) is 0 Å². The van der Waals surface area contributed by atoms with Crippen molar-refractivity contribution in [1.29, 1.82) is 0 Å². The predicted molar refractivity (Wildman–Crippen MR) is 243 cm³/mol. The molecule has 4 aromatic carbocycles. The number of aryl methyl sites for hydroxylation is 2. The quantitative estimate of drug-likeness (QED) is 0.0925. The van der Waals surface area contributed by atoms with Crippen molar-refractivity contribution in [3.05, 3.63) is 127 Å². The van der Waals surface area contributed by atoms with E-state index in [1.807, 2.05) is 78.9 Å². The van der Waals surface area contributed by atoms with E-state index in [0.717, 1.165) is 35.4 Å². The van der Waals surface area contributed by atoms with Crippen LogP contribution in [0.15, 0.2) is 71.8 Å². The third-order valence-electron chi connectivity index (χ3n) is 13.0. The second-order valence-electron chi connectivity index (χ2n) is 19.2. The van der Waals surface area contributed by atoms with E-state index in [1.165, 1.54) is 0 Å². The summed E-state index contributed by atoms with van der Waals surface area (Å²) >= 11 is -5.89. The third kappa shape index (κ3) is 9.96. The second kappa shape index (κ2) is 18.5. The Hall–Kier alpha value is -2.80. The van der Waals surface area contributed by atoms with Crippen LogP contribution < -0.4 is 0 Å². The molecule has 0 saturated heterocycles. The van der Waals surface area contributed by atoms with Gasteiger partial charge in [-0.2, -0.15) is 0 Å². The summed E-state index contributed by atoms with van der Waals surface area (Å²) < 4.78 is 171. The van der Waals surface area contributed by atoms with Gasteiger partial charge in [0.05, 0.1) is 0 Å². The molecule has 66 heavy (non-hydrogen) atoms. The maximum absolute atomic E-state index is 14.4. The fraction of sp³-hybridized carbons (Fsp3) is 0.440. The first kappa shape index (κ1) is 52.6. The molecular weight excluding hydrogens is 1020 g/mol. The Labute approximate surface area is 387 Å². The van der Waals surface area contributed by atoms with E-state index in [1.54, 1.807) is 12.1 Å². The van der Waals surface area contributed by atoms with Gasteiger partial charge >= 0.3 is 390 Å². The third-order valence-corrected chi connectivity index (χ3v) is 64.9. The standard InChI is InChI=1S/2C24H23F6.C2H7Si.2ClH.Zr/c2*1-4-5-16-6-7-17-9-15(8-14(2)3)10-21(17)22(16)18-11-19(23(25,26)27)13-20(12-18)24(28,29)30;1-3-2;;;/h2*6-7,9-14H,4-5,8H2,1-3H3;3H,1-2H3;2*1H;/q;;;;;+2/p-2. The molecule has 2 aliphatic rings. The number of hydrogen-bond acceptors (Lipinski definition) is 0. The van der Waals surface area contributed by atoms with E-state index in [0.29, 0.717) is 71.9 Å². The monoisotopic (exact) mass is 1070 g/mol. The molecule has 2 aliphatic carbocycles. The van der Waals surface area contributed by atoms with Crippen molar-refractivity contribution in [1.82, 2.24) is 0 Å². The minimum atomic E-state index is -5.89. The van der Waals surface area contributed by atoms with Crippen LogP contribution >= 0.6 is 17.0 Å². The molecular formula is C50H53Cl2F12SiZr. The van der Waals surface area contributed by atoms with Gasteiger partial charge in [-0.3, -0.25) is 0 Å². The first-order valence-electron chi connectivity index (χ1n) is 22.2. The Balaban J connectivity index is 1.73. The van der Waals surface area contributed by atoms with Gasteiger partial charge in [0.15, 0.2) is 0 Å². The Kier molecular flexibility index (Phi) is 14.7. The minimum absolute atomic E-state index is 0.00765. The van der Waals surface area contributed by atoms with Crippen molar-refractivity contribution in [2.75, 3.05) is 0 Å². The van der Waals surface area contributed by atoms with Crippen LogP contribution in [0.25, 0.3) is 34.4 Å². The second-order valence-corrected chi connectivity index (χ2v) is 61.7. The molecule has 2 atom stereocenters. The molecule has 16 heteroatoms. The average Bonchev–Trinajstić information content (AvgIpc) is 3.74. The molecule has 4 aromatic rings. The summed E-state index contributed by atoms with van der Waals surface area (Å²) in [4.78, 5) is 0. The molecule has 2 unspecified atom stereocenters. The first-order valence-corrected chi connectivity index (χ1v) is 38.5. The van der Waals surface area contributed by atoms with Crippen LogP contribution in [0, 0.1) is 11.8 Å². The summed E-state index contributed by atoms with van der Waals surface area (Å²) in [5, 5.41) is 0. The van der Waals surface area contributed by atoms with E-state index >= 15 is 0 Å². The Bertz CT molecular complexity index is 2330. The molecule has 359 valence electrons. The van der Waals surface area contributed by atoms with E-state index < -0.39 is 75.7 Å².